The van der Waals surface area contributed by atoms with Crippen molar-refractivity contribution in [2.45, 2.75) is 66.3 Å². The number of hydrogen-bond acceptors (Lipinski definition) is 1. The van der Waals surface area contributed by atoms with Crippen LogP contribution in [0.15, 0.2) is 6.20 Å². The molecule has 2 nitrogen and oxygen atoms in total. The summed E-state index contributed by atoms with van der Waals surface area (Å²) in [4.78, 5) is 0. The van der Waals surface area contributed by atoms with E-state index in [2.05, 4.69) is 57.5 Å². The molecule has 1 atom stereocenters. The summed E-state index contributed by atoms with van der Waals surface area (Å²) in [6.45, 7) is 15.0. The van der Waals surface area contributed by atoms with Crippen LogP contribution in [0.4, 0.5) is 0 Å². The van der Waals surface area contributed by atoms with Crippen molar-refractivity contribution in [2.75, 3.05) is 0 Å². The first-order valence-corrected chi connectivity index (χ1v) is 6.75. The second-order valence-electron chi connectivity index (χ2n) is 7.54. The van der Waals surface area contributed by atoms with E-state index >= 15 is 0 Å². The number of nitrogens with zero attached hydrogens (tertiary/aromatic N) is 2. The Morgan fingerprint density at radius 2 is 1.82 bits per heavy atom. The van der Waals surface area contributed by atoms with E-state index in [0.717, 1.165) is 12.5 Å². The molecule has 1 aromatic rings. The highest BCUT2D eigenvalue weighted by atomic mass is 15.3. The fourth-order valence-corrected chi connectivity index (χ4v) is 2.78. The lowest BCUT2D eigenvalue weighted by Crippen LogP contribution is -2.31. The zero-order valence-corrected chi connectivity index (χ0v) is 12.2. The van der Waals surface area contributed by atoms with Gasteiger partial charge in [-0.3, -0.25) is 4.68 Å². The quantitative estimate of drug-likeness (QED) is 0.668. The van der Waals surface area contributed by atoms with Gasteiger partial charge in [0, 0.05) is 12.2 Å². The first-order chi connectivity index (χ1) is 7.69. The second kappa shape index (κ2) is 3.86. The van der Waals surface area contributed by atoms with E-state index in [-0.39, 0.29) is 5.41 Å². The molecular formula is C15H26N2. The molecule has 1 unspecified atom stereocenters. The van der Waals surface area contributed by atoms with Crippen LogP contribution in [0.25, 0.3) is 0 Å². The first kappa shape index (κ1) is 12.7. The summed E-state index contributed by atoms with van der Waals surface area (Å²) in [6.07, 6.45) is 4.58. The lowest BCUT2D eigenvalue weighted by Gasteiger charge is -2.35. The molecule has 0 spiro atoms. The van der Waals surface area contributed by atoms with Crippen molar-refractivity contribution in [1.29, 1.82) is 0 Å². The van der Waals surface area contributed by atoms with Crippen molar-refractivity contribution in [3.8, 4) is 0 Å². The SMILES string of the molecule is CC(C)(C)c1cnn2c1CCC(C(C)(C)C)C2. The normalized spacial score (nSPS) is 21.4. The number of aromatic nitrogens is 2. The van der Waals surface area contributed by atoms with Gasteiger partial charge >= 0.3 is 0 Å². The third-order valence-electron chi connectivity index (χ3n) is 4.10. The molecule has 0 N–H and O–H groups in total. The fraction of sp³-hybridized carbons (Fsp3) is 0.800. The molecular weight excluding hydrogens is 208 g/mol. The Morgan fingerprint density at radius 1 is 1.18 bits per heavy atom. The lowest BCUT2D eigenvalue weighted by molar-refractivity contribution is 0.173. The van der Waals surface area contributed by atoms with Crippen LogP contribution in [0, 0.1) is 11.3 Å². The molecule has 1 aliphatic rings. The Balaban J connectivity index is 2.28. The maximum atomic E-state index is 4.60. The third-order valence-corrected chi connectivity index (χ3v) is 4.10. The summed E-state index contributed by atoms with van der Waals surface area (Å²) in [5.74, 6) is 0.753. The predicted molar refractivity (Wildman–Crippen MR) is 72.2 cm³/mol. The van der Waals surface area contributed by atoms with E-state index in [1.807, 2.05) is 0 Å². The minimum absolute atomic E-state index is 0.224. The summed E-state index contributed by atoms with van der Waals surface area (Å²) in [7, 11) is 0. The van der Waals surface area contributed by atoms with Crippen LogP contribution in [0.5, 0.6) is 0 Å². The van der Waals surface area contributed by atoms with Crippen molar-refractivity contribution in [2.24, 2.45) is 11.3 Å². The average Bonchev–Trinajstić information content (AvgIpc) is 2.57. The van der Waals surface area contributed by atoms with Crippen molar-refractivity contribution in [3.63, 3.8) is 0 Å². The smallest absolute Gasteiger partial charge is 0.0530 e. The zero-order valence-electron chi connectivity index (χ0n) is 12.2. The molecule has 2 heteroatoms. The summed E-state index contributed by atoms with van der Waals surface area (Å²) in [5, 5.41) is 4.60. The standard InChI is InChI=1S/C15H26N2/c1-14(2,3)11-7-8-13-12(15(4,5)6)9-16-17(13)10-11/h9,11H,7-8,10H2,1-6H3. The maximum Gasteiger partial charge on any atom is 0.0530 e. The fourth-order valence-electron chi connectivity index (χ4n) is 2.78. The van der Waals surface area contributed by atoms with E-state index in [9.17, 15) is 0 Å². The van der Waals surface area contributed by atoms with Gasteiger partial charge < -0.3 is 0 Å². The summed E-state index contributed by atoms with van der Waals surface area (Å²) < 4.78 is 2.25. The largest absolute Gasteiger partial charge is 0.269 e. The van der Waals surface area contributed by atoms with Crippen molar-refractivity contribution >= 4 is 0 Å². The average molecular weight is 234 g/mol. The van der Waals surface area contributed by atoms with Gasteiger partial charge in [0.05, 0.1) is 6.20 Å². The van der Waals surface area contributed by atoms with Crippen LogP contribution in [-0.4, -0.2) is 9.78 Å². The summed E-state index contributed by atoms with van der Waals surface area (Å²) in [5.41, 5.74) is 3.52. The van der Waals surface area contributed by atoms with Gasteiger partial charge in [0.25, 0.3) is 0 Å². The Morgan fingerprint density at radius 3 is 2.35 bits per heavy atom. The van der Waals surface area contributed by atoms with Gasteiger partial charge in [-0.1, -0.05) is 41.5 Å². The van der Waals surface area contributed by atoms with E-state index in [4.69, 9.17) is 0 Å². The molecule has 0 saturated heterocycles. The van der Waals surface area contributed by atoms with Gasteiger partial charge in [-0.05, 0) is 35.2 Å². The third kappa shape index (κ3) is 2.41. The molecule has 2 rings (SSSR count). The van der Waals surface area contributed by atoms with Crippen LogP contribution in [0.2, 0.25) is 0 Å². The maximum absolute atomic E-state index is 4.60. The van der Waals surface area contributed by atoms with Gasteiger partial charge in [-0.2, -0.15) is 5.10 Å². The Kier molecular flexibility index (Phi) is 2.87. The minimum Gasteiger partial charge on any atom is -0.269 e. The van der Waals surface area contributed by atoms with Crippen LogP contribution in [0.3, 0.4) is 0 Å². The summed E-state index contributed by atoms with van der Waals surface area (Å²) >= 11 is 0. The molecule has 0 fully saturated rings. The van der Waals surface area contributed by atoms with Gasteiger partial charge in [0.1, 0.15) is 0 Å². The minimum atomic E-state index is 0.224. The van der Waals surface area contributed by atoms with Gasteiger partial charge in [-0.15, -0.1) is 0 Å². The molecule has 0 radical (unpaired) electrons. The number of rotatable bonds is 0. The molecule has 0 amide bonds. The van der Waals surface area contributed by atoms with E-state index in [1.165, 1.54) is 24.1 Å². The lowest BCUT2D eigenvalue weighted by atomic mass is 9.75. The Labute approximate surface area is 105 Å². The molecule has 1 aliphatic heterocycles. The van der Waals surface area contributed by atoms with Crippen molar-refractivity contribution in [1.82, 2.24) is 9.78 Å². The molecule has 0 aliphatic carbocycles. The van der Waals surface area contributed by atoms with Crippen molar-refractivity contribution < 1.29 is 0 Å². The number of hydrogen-bond donors (Lipinski definition) is 0. The highest BCUT2D eigenvalue weighted by Crippen LogP contribution is 2.37. The first-order valence-electron chi connectivity index (χ1n) is 6.75. The molecule has 2 heterocycles. The van der Waals surface area contributed by atoms with Gasteiger partial charge in [-0.25, -0.2) is 0 Å². The van der Waals surface area contributed by atoms with Crippen LogP contribution in [0.1, 0.15) is 59.2 Å². The second-order valence-corrected chi connectivity index (χ2v) is 7.54. The van der Waals surface area contributed by atoms with Gasteiger partial charge in [0.2, 0.25) is 0 Å². The molecule has 0 saturated carbocycles. The molecule has 1 aromatic heterocycles. The van der Waals surface area contributed by atoms with Crippen LogP contribution < -0.4 is 0 Å². The number of fused-ring (bicyclic) bond motifs is 1. The van der Waals surface area contributed by atoms with E-state index < -0.39 is 0 Å². The van der Waals surface area contributed by atoms with E-state index in [1.54, 1.807) is 0 Å². The predicted octanol–water partition coefficient (Wildman–Crippen LogP) is 3.79. The van der Waals surface area contributed by atoms with Crippen LogP contribution in [-0.2, 0) is 18.4 Å². The molecule has 96 valence electrons. The van der Waals surface area contributed by atoms with Crippen LogP contribution >= 0.6 is 0 Å². The van der Waals surface area contributed by atoms with Gasteiger partial charge in [0.15, 0.2) is 0 Å². The molecule has 0 bridgehead atoms. The Hall–Kier alpha value is -0.790. The molecule has 17 heavy (non-hydrogen) atoms. The highest BCUT2D eigenvalue weighted by molar-refractivity contribution is 5.27. The zero-order chi connectivity index (χ0) is 12.8. The molecule has 0 aromatic carbocycles. The highest BCUT2D eigenvalue weighted by Gasteiger charge is 2.32. The summed E-state index contributed by atoms with van der Waals surface area (Å²) in [6, 6.07) is 0. The topological polar surface area (TPSA) is 17.8 Å². The van der Waals surface area contributed by atoms with Crippen molar-refractivity contribution in [3.05, 3.63) is 17.5 Å². The van der Waals surface area contributed by atoms with E-state index in [0.29, 0.717) is 5.41 Å². The monoisotopic (exact) mass is 234 g/mol. The Bertz CT molecular complexity index is 402.